The second-order valence-electron chi connectivity index (χ2n) is 9.73. The van der Waals surface area contributed by atoms with Crippen LogP contribution >= 0.6 is 0 Å². The number of piperidine rings is 1. The Balaban J connectivity index is 1.68. The number of benzene rings is 1. The topological polar surface area (TPSA) is 91.6 Å². The van der Waals surface area contributed by atoms with Crippen molar-refractivity contribution in [3.63, 3.8) is 0 Å². The first-order valence-corrected chi connectivity index (χ1v) is 12.6. The molecule has 2 heterocycles. The average Bonchev–Trinajstić information content (AvgIpc) is 3.24. The highest BCUT2D eigenvalue weighted by atomic mass is 32.2. The Labute approximate surface area is 191 Å². The van der Waals surface area contributed by atoms with Crippen molar-refractivity contribution in [2.75, 3.05) is 19.6 Å². The quantitative estimate of drug-likeness (QED) is 0.627. The molecule has 2 unspecified atom stereocenters. The van der Waals surface area contributed by atoms with Gasteiger partial charge in [-0.1, -0.05) is 19.9 Å². The number of sulfonamides is 1. The van der Waals surface area contributed by atoms with Crippen LogP contribution in [0.4, 0.5) is 0 Å². The fourth-order valence-corrected chi connectivity index (χ4v) is 5.36. The van der Waals surface area contributed by atoms with Crippen molar-refractivity contribution < 1.29 is 17.6 Å². The Morgan fingerprint density at radius 1 is 1.19 bits per heavy atom. The molecule has 1 aromatic heterocycles. The van der Waals surface area contributed by atoms with Crippen LogP contribution in [0.2, 0.25) is 0 Å². The molecule has 7 nitrogen and oxygen atoms in total. The van der Waals surface area contributed by atoms with Crippen LogP contribution in [0, 0.1) is 18.8 Å². The van der Waals surface area contributed by atoms with Gasteiger partial charge < -0.3 is 9.73 Å². The van der Waals surface area contributed by atoms with Crippen LogP contribution in [0.5, 0.6) is 0 Å². The maximum absolute atomic E-state index is 13.0. The first-order valence-electron chi connectivity index (χ1n) is 11.1. The molecule has 0 bridgehead atoms. The number of carbonyl (C=O) groups is 1. The molecule has 1 saturated heterocycles. The molecule has 1 amide bonds. The fourth-order valence-electron chi connectivity index (χ4n) is 4.34. The SMILES string of the molecule is Cc1ccc(S(=O)(=O)NCc2ccco2)cc1C(=O)NCC(C)(C)N1CC(C)CC(C)C1. The zero-order valence-electron chi connectivity index (χ0n) is 19.6. The van der Waals surface area contributed by atoms with E-state index in [-0.39, 0.29) is 22.9 Å². The molecule has 2 atom stereocenters. The third kappa shape index (κ3) is 5.99. The monoisotopic (exact) mass is 461 g/mol. The molecule has 3 rings (SSSR count). The van der Waals surface area contributed by atoms with Gasteiger partial charge in [0.15, 0.2) is 0 Å². The molecular weight excluding hydrogens is 426 g/mol. The maximum atomic E-state index is 13.0. The van der Waals surface area contributed by atoms with Crippen molar-refractivity contribution in [1.82, 2.24) is 14.9 Å². The van der Waals surface area contributed by atoms with Gasteiger partial charge in [-0.15, -0.1) is 0 Å². The van der Waals surface area contributed by atoms with Gasteiger partial charge in [0.2, 0.25) is 10.0 Å². The van der Waals surface area contributed by atoms with Crippen molar-refractivity contribution >= 4 is 15.9 Å². The number of carbonyl (C=O) groups excluding carboxylic acids is 1. The lowest BCUT2D eigenvalue weighted by Gasteiger charge is -2.45. The van der Waals surface area contributed by atoms with Gasteiger partial charge in [-0.2, -0.15) is 0 Å². The number of hydrogen-bond donors (Lipinski definition) is 2. The number of furan rings is 1. The highest BCUT2D eigenvalue weighted by Gasteiger charge is 2.33. The number of likely N-dealkylation sites (tertiary alicyclic amines) is 1. The highest BCUT2D eigenvalue weighted by molar-refractivity contribution is 7.89. The van der Waals surface area contributed by atoms with Crippen LogP contribution < -0.4 is 10.0 Å². The Bertz CT molecular complexity index is 1020. The molecule has 2 N–H and O–H groups in total. The number of amides is 1. The third-order valence-electron chi connectivity index (χ3n) is 6.19. The first kappa shape index (κ1) is 24.5. The molecule has 0 radical (unpaired) electrons. The van der Waals surface area contributed by atoms with Crippen LogP contribution in [0.25, 0.3) is 0 Å². The van der Waals surface area contributed by atoms with E-state index in [1.165, 1.54) is 24.8 Å². The molecule has 176 valence electrons. The number of nitrogens with one attached hydrogen (secondary N) is 2. The summed E-state index contributed by atoms with van der Waals surface area (Å²) in [5.41, 5.74) is 0.897. The zero-order chi connectivity index (χ0) is 23.5. The lowest BCUT2D eigenvalue weighted by molar-refractivity contribution is 0.0445. The van der Waals surface area contributed by atoms with Gasteiger partial charge in [0.25, 0.3) is 5.91 Å². The van der Waals surface area contributed by atoms with E-state index in [2.05, 4.69) is 42.6 Å². The number of rotatable bonds is 8. The Morgan fingerprint density at radius 2 is 1.88 bits per heavy atom. The molecule has 32 heavy (non-hydrogen) atoms. The second-order valence-corrected chi connectivity index (χ2v) is 11.5. The molecule has 0 saturated carbocycles. The van der Waals surface area contributed by atoms with Gasteiger partial charge in [0.05, 0.1) is 17.7 Å². The number of nitrogens with zero attached hydrogens (tertiary/aromatic N) is 1. The summed E-state index contributed by atoms with van der Waals surface area (Å²) in [7, 11) is -3.78. The molecule has 8 heteroatoms. The zero-order valence-corrected chi connectivity index (χ0v) is 20.5. The summed E-state index contributed by atoms with van der Waals surface area (Å²) >= 11 is 0. The largest absolute Gasteiger partial charge is 0.468 e. The standard InChI is InChI=1S/C24H35N3O4S/c1-17-11-18(2)15-27(14-17)24(4,5)16-25-23(28)22-12-21(9-8-19(22)3)32(29,30)26-13-20-7-6-10-31-20/h6-10,12,17-18,26H,11,13-16H2,1-5H3,(H,25,28). The van der Waals surface area contributed by atoms with E-state index in [9.17, 15) is 13.2 Å². The molecular formula is C24H35N3O4S. The van der Waals surface area contributed by atoms with E-state index >= 15 is 0 Å². The van der Waals surface area contributed by atoms with E-state index in [1.807, 2.05) is 0 Å². The summed E-state index contributed by atoms with van der Waals surface area (Å²) in [6.07, 6.45) is 2.72. The summed E-state index contributed by atoms with van der Waals surface area (Å²) in [6, 6.07) is 8.01. The minimum atomic E-state index is -3.78. The normalized spacial score (nSPS) is 20.3. The average molecular weight is 462 g/mol. The third-order valence-corrected chi connectivity index (χ3v) is 7.59. The Kier molecular flexibility index (Phi) is 7.47. The summed E-state index contributed by atoms with van der Waals surface area (Å²) in [6.45, 7) is 13.2. The van der Waals surface area contributed by atoms with E-state index in [0.717, 1.165) is 18.7 Å². The predicted molar refractivity (Wildman–Crippen MR) is 125 cm³/mol. The smallest absolute Gasteiger partial charge is 0.251 e. The van der Waals surface area contributed by atoms with E-state index in [4.69, 9.17) is 4.42 Å². The van der Waals surface area contributed by atoms with Gasteiger partial charge in [0, 0.05) is 30.7 Å². The Morgan fingerprint density at radius 3 is 2.50 bits per heavy atom. The molecule has 2 aromatic rings. The van der Waals surface area contributed by atoms with Gasteiger partial charge >= 0.3 is 0 Å². The van der Waals surface area contributed by atoms with Crippen LogP contribution in [0.1, 0.15) is 55.8 Å². The maximum Gasteiger partial charge on any atom is 0.251 e. The molecule has 1 aliphatic rings. The highest BCUT2D eigenvalue weighted by Crippen LogP contribution is 2.27. The Hall–Kier alpha value is -2.16. The van der Waals surface area contributed by atoms with Crippen LogP contribution in [-0.4, -0.2) is 44.4 Å². The molecule has 1 aromatic carbocycles. The lowest BCUT2D eigenvalue weighted by atomic mass is 9.88. The molecule has 0 aliphatic carbocycles. The van der Waals surface area contributed by atoms with E-state index in [1.54, 1.807) is 25.1 Å². The van der Waals surface area contributed by atoms with Crippen LogP contribution in [0.3, 0.4) is 0 Å². The minimum absolute atomic E-state index is 0.0472. The van der Waals surface area contributed by atoms with Gasteiger partial charge in [-0.3, -0.25) is 9.69 Å². The van der Waals surface area contributed by atoms with Gasteiger partial charge in [-0.25, -0.2) is 13.1 Å². The molecule has 1 fully saturated rings. The number of aryl methyl sites for hydroxylation is 1. The minimum Gasteiger partial charge on any atom is -0.468 e. The summed E-state index contributed by atoms with van der Waals surface area (Å²) in [5, 5.41) is 3.03. The van der Waals surface area contributed by atoms with Crippen LogP contribution in [0.15, 0.2) is 45.9 Å². The van der Waals surface area contributed by atoms with Crippen molar-refractivity contribution in [3.8, 4) is 0 Å². The van der Waals surface area contributed by atoms with E-state index in [0.29, 0.717) is 29.7 Å². The van der Waals surface area contributed by atoms with Crippen LogP contribution in [-0.2, 0) is 16.6 Å². The van der Waals surface area contributed by atoms with Gasteiger partial charge in [0.1, 0.15) is 5.76 Å². The number of hydrogen-bond acceptors (Lipinski definition) is 5. The summed E-state index contributed by atoms with van der Waals surface area (Å²) in [4.78, 5) is 15.5. The molecule has 1 aliphatic heterocycles. The summed E-state index contributed by atoms with van der Waals surface area (Å²) in [5.74, 6) is 1.51. The van der Waals surface area contributed by atoms with Gasteiger partial charge in [-0.05, 0) is 68.9 Å². The van der Waals surface area contributed by atoms with Crippen molar-refractivity contribution in [2.45, 2.75) is 58.0 Å². The van der Waals surface area contributed by atoms with E-state index < -0.39 is 10.0 Å². The predicted octanol–water partition coefficient (Wildman–Crippen LogP) is 3.55. The lowest BCUT2D eigenvalue weighted by Crippen LogP contribution is -2.56. The summed E-state index contributed by atoms with van der Waals surface area (Å²) < 4.78 is 33.1. The molecule has 0 spiro atoms. The van der Waals surface area contributed by atoms with Crippen molar-refractivity contribution in [1.29, 1.82) is 0 Å². The fraction of sp³-hybridized carbons (Fsp3) is 0.542. The van der Waals surface area contributed by atoms with Crippen molar-refractivity contribution in [2.24, 2.45) is 11.8 Å². The second kappa shape index (κ2) is 9.77. The van der Waals surface area contributed by atoms with Crippen molar-refractivity contribution in [3.05, 3.63) is 53.5 Å². The first-order chi connectivity index (χ1) is 15.0.